The van der Waals surface area contributed by atoms with Crippen molar-refractivity contribution < 1.29 is 14.1 Å². The summed E-state index contributed by atoms with van der Waals surface area (Å²) >= 11 is 1.22. The second-order valence-electron chi connectivity index (χ2n) is 3.86. The van der Waals surface area contributed by atoms with E-state index in [0.717, 1.165) is 12.1 Å². The highest BCUT2D eigenvalue weighted by atomic mass is 32.1. The standard InChI is InChI=1S/C13H7FN2O3S/c14-11-6-8(16(18)19)3-4-9(11)13(17)10(7-15)12-2-1-5-20-12/h1-6,10H. The van der Waals surface area contributed by atoms with E-state index in [0.29, 0.717) is 10.9 Å². The van der Waals surface area contributed by atoms with Gasteiger partial charge in [-0.25, -0.2) is 4.39 Å². The molecule has 1 heterocycles. The van der Waals surface area contributed by atoms with Crippen molar-refractivity contribution in [3.8, 4) is 6.07 Å². The zero-order valence-corrected chi connectivity index (χ0v) is 10.8. The average molecular weight is 290 g/mol. The van der Waals surface area contributed by atoms with Crippen LogP contribution in [-0.4, -0.2) is 10.7 Å². The molecule has 1 unspecified atom stereocenters. The Kier molecular flexibility index (Phi) is 3.86. The number of ketones is 1. The van der Waals surface area contributed by atoms with E-state index < -0.39 is 28.1 Å². The number of rotatable bonds is 4. The van der Waals surface area contributed by atoms with Gasteiger partial charge in [0.05, 0.1) is 22.6 Å². The van der Waals surface area contributed by atoms with Crippen molar-refractivity contribution in [1.29, 1.82) is 5.26 Å². The molecule has 0 saturated heterocycles. The van der Waals surface area contributed by atoms with E-state index in [9.17, 15) is 19.3 Å². The second-order valence-corrected chi connectivity index (χ2v) is 4.84. The van der Waals surface area contributed by atoms with Gasteiger partial charge in [-0.15, -0.1) is 11.3 Å². The number of carbonyl (C=O) groups excluding carboxylic acids is 1. The molecule has 0 bridgehead atoms. The highest BCUT2D eigenvalue weighted by Gasteiger charge is 2.26. The van der Waals surface area contributed by atoms with Crippen LogP contribution in [0.2, 0.25) is 0 Å². The van der Waals surface area contributed by atoms with Gasteiger partial charge in [0.2, 0.25) is 0 Å². The average Bonchev–Trinajstić information content (AvgIpc) is 2.93. The van der Waals surface area contributed by atoms with Crippen molar-refractivity contribution in [2.24, 2.45) is 0 Å². The maximum atomic E-state index is 13.8. The van der Waals surface area contributed by atoms with E-state index in [2.05, 4.69) is 0 Å². The summed E-state index contributed by atoms with van der Waals surface area (Å²) in [5.74, 6) is -2.81. The van der Waals surface area contributed by atoms with Crippen molar-refractivity contribution in [3.63, 3.8) is 0 Å². The van der Waals surface area contributed by atoms with Gasteiger partial charge < -0.3 is 0 Å². The van der Waals surface area contributed by atoms with Gasteiger partial charge >= 0.3 is 0 Å². The van der Waals surface area contributed by atoms with Crippen LogP contribution in [0.3, 0.4) is 0 Å². The highest BCUT2D eigenvalue weighted by molar-refractivity contribution is 7.10. The Bertz CT molecular complexity index is 707. The summed E-state index contributed by atoms with van der Waals surface area (Å²) in [6.45, 7) is 0. The van der Waals surface area contributed by atoms with Crippen molar-refractivity contribution in [3.05, 3.63) is 62.1 Å². The lowest BCUT2D eigenvalue weighted by molar-refractivity contribution is -0.385. The SMILES string of the molecule is N#CC(C(=O)c1ccc([N+](=O)[O-])cc1F)c1cccs1. The van der Waals surface area contributed by atoms with Gasteiger partial charge in [0.1, 0.15) is 11.7 Å². The minimum atomic E-state index is -1.11. The van der Waals surface area contributed by atoms with Gasteiger partial charge in [-0.2, -0.15) is 5.26 Å². The highest BCUT2D eigenvalue weighted by Crippen LogP contribution is 2.27. The number of hydrogen-bond donors (Lipinski definition) is 0. The molecule has 2 aromatic rings. The molecule has 0 N–H and O–H groups in total. The van der Waals surface area contributed by atoms with Gasteiger partial charge in [0, 0.05) is 10.9 Å². The van der Waals surface area contributed by atoms with E-state index in [1.807, 2.05) is 6.07 Å². The summed E-state index contributed by atoms with van der Waals surface area (Å²) in [4.78, 5) is 22.4. The van der Waals surface area contributed by atoms with E-state index in [1.54, 1.807) is 17.5 Å². The molecule has 0 aliphatic heterocycles. The van der Waals surface area contributed by atoms with Crippen molar-refractivity contribution >= 4 is 22.8 Å². The third-order valence-corrected chi connectivity index (χ3v) is 3.59. The number of thiophene rings is 1. The van der Waals surface area contributed by atoms with Crippen molar-refractivity contribution in [2.45, 2.75) is 5.92 Å². The number of nitriles is 1. The molecule has 0 fully saturated rings. The molecule has 0 aliphatic carbocycles. The van der Waals surface area contributed by atoms with Crippen molar-refractivity contribution in [2.75, 3.05) is 0 Å². The number of nitro groups is 1. The predicted molar refractivity (Wildman–Crippen MR) is 70.1 cm³/mol. The Balaban J connectivity index is 2.39. The molecule has 0 aliphatic rings. The molecule has 0 radical (unpaired) electrons. The van der Waals surface area contributed by atoms with Crippen LogP contribution in [0.5, 0.6) is 0 Å². The summed E-state index contributed by atoms with van der Waals surface area (Å²) in [5.41, 5.74) is -0.765. The third-order valence-electron chi connectivity index (χ3n) is 2.65. The molecule has 2 rings (SSSR count). The predicted octanol–water partition coefficient (Wildman–Crippen LogP) is 3.29. The smallest absolute Gasteiger partial charge is 0.272 e. The Labute approximate surface area is 117 Å². The molecule has 7 heteroatoms. The number of Topliss-reactive ketones (excluding diaryl/α,β-unsaturated/α-hetero) is 1. The van der Waals surface area contributed by atoms with Gasteiger partial charge in [0.25, 0.3) is 5.69 Å². The molecule has 0 saturated carbocycles. The van der Waals surface area contributed by atoms with Crippen LogP contribution in [0.4, 0.5) is 10.1 Å². The number of non-ortho nitro benzene ring substituents is 1. The number of nitrogens with zero attached hydrogens (tertiary/aromatic N) is 2. The van der Waals surface area contributed by atoms with Crippen LogP contribution in [-0.2, 0) is 0 Å². The maximum Gasteiger partial charge on any atom is 0.272 e. The summed E-state index contributed by atoms with van der Waals surface area (Å²) in [6, 6.07) is 7.88. The first-order chi connectivity index (χ1) is 9.54. The van der Waals surface area contributed by atoms with Gasteiger partial charge in [0.15, 0.2) is 5.78 Å². The molecule has 1 aromatic heterocycles. The quantitative estimate of drug-likeness (QED) is 0.491. The first-order valence-corrected chi connectivity index (χ1v) is 6.33. The Hall–Kier alpha value is -2.59. The Morgan fingerprint density at radius 2 is 2.20 bits per heavy atom. The largest absolute Gasteiger partial charge is 0.292 e. The minimum Gasteiger partial charge on any atom is -0.292 e. The van der Waals surface area contributed by atoms with Gasteiger partial charge in [-0.05, 0) is 17.5 Å². The molecule has 0 amide bonds. The van der Waals surface area contributed by atoms with E-state index in [4.69, 9.17) is 5.26 Å². The molecular weight excluding hydrogens is 283 g/mol. The lowest BCUT2D eigenvalue weighted by atomic mass is 9.97. The normalized spacial score (nSPS) is 11.6. The van der Waals surface area contributed by atoms with E-state index in [-0.39, 0.29) is 5.56 Å². The molecule has 20 heavy (non-hydrogen) atoms. The number of nitro benzene ring substituents is 1. The van der Waals surface area contributed by atoms with Crippen LogP contribution in [0.1, 0.15) is 21.2 Å². The zero-order chi connectivity index (χ0) is 14.7. The second kappa shape index (κ2) is 5.59. The molecular formula is C13H7FN2O3S. The fourth-order valence-corrected chi connectivity index (χ4v) is 2.45. The maximum absolute atomic E-state index is 13.8. The van der Waals surface area contributed by atoms with E-state index >= 15 is 0 Å². The first kappa shape index (κ1) is 13.8. The molecule has 1 aromatic carbocycles. The number of halogens is 1. The fraction of sp³-hybridized carbons (Fsp3) is 0.0769. The van der Waals surface area contributed by atoms with Crippen LogP contribution >= 0.6 is 11.3 Å². The lowest BCUT2D eigenvalue weighted by Crippen LogP contribution is -2.12. The number of hydrogen-bond acceptors (Lipinski definition) is 5. The summed E-state index contributed by atoms with van der Waals surface area (Å²) in [5, 5.41) is 21.3. The van der Waals surface area contributed by atoms with E-state index in [1.165, 1.54) is 11.3 Å². The Morgan fingerprint density at radius 1 is 1.45 bits per heavy atom. The summed E-state index contributed by atoms with van der Waals surface area (Å²) < 4.78 is 13.8. The summed E-state index contributed by atoms with van der Waals surface area (Å²) in [6.07, 6.45) is 0. The summed E-state index contributed by atoms with van der Waals surface area (Å²) in [7, 11) is 0. The van der Waals surface area contributed by atoms with Crippen LogP contribution in [0, 0.1) is 27.3 Å². The lowest BCUT2D eigenvalue weighted by Gasteiger charge is -2.06. The molecule has 100 valence electrons. The number of benzene rings is 1. The molecule has 0 spiro atoms. The first-order valence-electron chi connectivity index (χ1n) is 5.45. The monoisotopic (exact) mass is 290 g/mol. The molecule has 5 nitrogen and oxygen atoms in total. The van der Waals surface area contributed by atoms with Crippen LogP contribution in [0.15, 0.2) is 35.7 Å². The van der Waals surface area contributed by atoms with Gasteiger partial charge in [-0.1, -0.05) is 6.07 Å². The van der Waals surface area contributed by atoms with Crippen LogP contribution in [0.25, 0.3) is 0 Å². The van der Waals surface area contributed by atoms with Crippen LogP contribution < -0.4 is 0 Å². The minimum absolute atomic E-state index is 0.324. The number of carbonyl (C=O) groups is 1. The Morgan fingerprint density at radius 3 is 2.70 bits per heavy atom. The zero-order valence-electron chi connectivity index (χ0n) is 9.95. The fourth-order valence-electron chi connectivity index (χ4n) is 1.68. The third kappa shape index (κ3) is 2.55. The molecule has 1 atom stereocenters. The topological polar surface area (TPSA) is 84.0 Å². The van der Waals surface area contributed by atoms with Gasteiger partial charge in [-0.3, -0.25) is 14.9 Å². The van der Waals surface area contributed by atoms with Crippen molar-refractivity contribution in [1.82, 2.24) is 0 Å².